The lowest BCUT2D eigenvalue weighted by molar-refractivity contribution is -0.112. The largest absolute Gasteiger partial charge is 0.439 e. The van der Waals surface area contributed by atoms with Gasteiger partial charge in [-0.05, 0) is 55.3 Å². The van der Waals surface area contributed by atoms with Gasteiger partial charge in [0.2, 0.25) is 5.88 Å². The third kappa shape index (κ3) is 5.14. The molecule has 0 aliphatic heterocycles. The SMILES string of the molecule is C=C(C)C(=O)Nc1ccc(-c2c(-c3ccc(Oc4cccc(C)n4)cc3)c3c(N)ncnc3n2C)cc1COC. The summed E-state index contributed by atoms with van der Waals surface area (Å²) in [6.07, 6.45) is 1.46. The van der Waals surface area contributed by atoms with E-state index in [1.165, 1.54) is 6.33 Å². The quantitative estimate of drug-likeness (QED) is 0.233. The van der Waals surface area contributed by atoms with Crippen molar-refractivity contribution in [3.05, 3.63) is 90.4 Å². The van der Waals surface area contributed by atoms with Crippen LogP contribution in [0.4, 0.5) is 11.5 Å². The zero-order valence-electron chi connectivity index (χ0n) is 22.9. The van der Waals surface area contributed by atoms with Gasteiger partial charge in [0.25, 0.3) is 5.91 Å². The van der Waals surface area contributed by atoms with Gasteiger partial charge < -0.3 is 25.1 Å². The van der Waals surface area contributed by atoms with Gasteiger partial charge in [0.15, 0.2) is 0 Å². The molecule has 0 fully saturated rings. The Kier molecular flexibility index (Phi) is 7.31. The van der Waals surface area contributed by atoms with Gasteiger partial charge in [0.05, 0.1) is 17.7 Å². The number of methoxy groups -OCH3 is 1. The number of carbonyl (C=O) groups is 1. The second-order valence-corrected chi connectivity index (χ2v) is 9.52. The van der Waals surface area contributed by atoms with Crippen LogP contribution in [0.15, 0.2) is 79.1 Å². The average molecular weight is 535 g/mol. The van der Waals surface area contributed by atoms with Crippen LogP contribution in [0.1, 0.15) is 18.2 Å². The number of ether oxygens (including phenoxy) is 2. The van der Waals surface area contributed by atoms with Crippen molar-refractivity contribution in [3.63, 3.8) is 0 Å². The van der Waals surface area contributed by atoms with E-state index in [1.807, 2.05) is 79.2 Å². The van der Waals surface area contributed by atoms with Gasteiger partial charge in [-0.3, -0.25) is 4.79 Å². The molecule has 0 radical (unpaired) electrons. The first-order chi connectivity index (χ1) is 19.3. The van der Waals surface area contributed by atoms with E-state index < -0.39 is 0 Å². The van der Waals surface area contributed by atoms with Crippen LogP contribution in [0, 0.1) is 6.92 Å². The molecule has 0 unspecified atom stereocenters. The van der Waals surface area contributed by atoms with Gasteiger partial charge in [-0.1, -0.05) is 30.8 Å². The van der Waals surface area contributed by atoms with Crippen molar-refractivity contribution in [1.82, 2.24) is 19.5 Å². The highest BCUT2D eigenvalue weighted by Gasteiger charge is 2.23. The molecule has 0 saturated carbocycles. The zero-order chi connectivity index (χ0) is 28.4. The summed E-state index contributed by atoms with van der Waals surface area (Å²) in [6.45, 7) is 7.62. The fourth-order valence-corrected chi connectivity index (χ4v) is 4.65. The molecule has 9 heteroatoms. The van der Waals surface area contributed by atoms with E-state index in [-0.39, 0.29) is 5.91 Å². The molecule has 0 atom stereocenters. The molecule has 0 saturated heterocycles. The molecular weight excluding hydrogens is 504 g/mol. The number of carbonyl (C=O) groups excluding carboxylic acids is 1. The van der Waals surface area contributed by atoms with Gasteiger partial charge >= 0.3 is 0 Å². The number of nitrogens with one attached hydrogen (secondary N) is 1. The van der Waals surface area contributed by atoms with Crippen LogP contribution >= 0.6 is 0 Å². The minimum Gasteiger partial charge on any atom is -0.439 e. The molecule has 0 spiro atoms. The van der Waals surface area contributed by atoms with Crippen LogP contribution in [0.2, 0.25) is 0 Å². The molecular formula is C31H30N6O3. The van der Waals surface area contributed by atoms with Crippen molar-refractivity contribution < 1.29 is 14.3 Å². The number of anilines is 2. The van der Waals surface area contributed by atoms with Gasteiger partial charge in [-0.15, -0.1) is 0 Å². The Bertz CT molecular complexity index is 1740. The molecule has 5 rings (SSSR count). The summed E-state index contributed by atoms with van der Waals surface area (Å²) >= 11 is 0. The van der Waals surface area contributed by atoms with Crippen molar-refractivity contribution >= 4 is 28.4 Å². The van der Waals surface area contributed by atoms with Crippen LogP contribution in [0.25, 0.3) is 33.4 Å². The van der Waals surface area contributed by atoms with E-state index in [2.05, 4.69) is 26.8 Å². The summed E-state index contributed by atoms with van der Waals surface area (Å²) in [5, 5.41) is 3.66. The monoisotopic (exact) mass is 534 g/mol. The predicted molar refractivity (Wildman–Crippen MR) is 157 cm³/mol. The van der Waals surface area contributed by atoms with Crippen LogP contribution in [0.5, 0.6) is 11.6 Å². The van der Waals surface area contributed by atoms with Crippen LogP contribution < -0.4 is 15.8 Å². The third-order valence-corrected chi connectivity index (χ3v) is 6.54. The minimum atomic E-state index is -0.249. The summed E-state index contributed by atoms with van der Waals surface area (Å²) in [5.74, 6) is 1.32. The number of fused-ring (bicyclic) bond motifs is 1. The molecule has 40 heavy (non-hydrogen) atoms. The highest BCUT2D eigenvalue weighted by Crippen LogP contribution is 2.42. The molecule has 0 aliphatic carbocycles. The summed E-state index contributed by atoms with van der Waals surface area (Å²) in [7, 11) is 3.56. The van der Waals surface area contributed by atoms with Crippen LogP contribution in [0.3, 0.4) is 0 Å². The smallest absolute Gasteiger partial charge is 0.250 e. The maximum atomic E-state index is 12.3. The molecule has 0 bridgehead atoms. The number of aryl methyl sites for hydroxylation is 2. The Morgan fingerprint density at radius 2 is 1.82 bits per heavy atom. The molecule has 2 aromatic carbocycles. The first-order valence-corrected chi connectivity index (χ1v) is 12.7. The second-order valence-electron chi connectivity index (χ2n) is 9.52. The number of amides is 1. The molecule has 3 heterocycles. The first kappa shape index (κ1) is 26.6. The first-order valence-electron chi connectivity index (χ1n) is 12.7. The summed E-state index contributed by atoms with van der Waals surface area (Å²) in [5.41, 5.74) is 13.5. The summed E-state index contributed by atoms with van der Waals surface area (Å²) < 4.78 is 13.4. The van der Waals surface area contributed by atoms with E-state index in [1.54, 1.807) is 14.0 Å². The molecule has 1 amide bonds. The van der Waals surface area contributed by atoms with E-state index in [0.29, 0.717) is 41.0 Å². The maximum absolute atomic E-state index is 12.3. The van der Waals surface area contributed by atoms with Crippen molar-refractivity contribution in [2.75, 3.05) is 18.2 Å². The number of nitrogens with two attached hydrogens (primary N) is 1. The Labute approximate surface area is 232 Å². The van der Waals surface area contributed by atoms with E-state index in [4.69, 9.17) is 15.2 Å². The van der Waals surface area contributed by atoms with Gasteiger partial charge in [0.1, 0.15) is 23.5 Å². The topological polar surface area (TPSA) is 117 Å². The van der Waals surface area contributed by atoms with Crippen molar-refractivity contribution in [1.29, 1.82) is 0 Å². The fourth-order valence-electron chi connectivity index (χ4n) is 4.65. The third-order valence-electron chi connectivity index (χ3n) is 6.54. The average Bonchev–Trinajstić information content (AvgIpc) is 3.23. The standard InChI is InChI=1S/C31H30N6O3/c1-18(2)31(38)36-24-14-11-21(15-22(24)16-39-5)28-26(27-29(32)33-17-34-30(27)37(28)4)20-9-12-23(13-10-20)40-25-8-6-7-19(3)35-25/h6-15,17H,1,16H2,2-5H3,(H,36,38)(H2,32,33,34). The lowest BCUT2D eigenvalue weighted by Crippen LogP contribution is -2.13. The number of benzene rings is 2. The number of hydrogen-bond donors (Lipinski definition) is 2. The number of pyridine rings is 1. The predicted octanol–water partition coefficient (Wildman–Crippen LogP) is 6.04. The Balaban J connectivity index is 1.63. The molecule has 0 aliphatic rings. The van der Waals surface area contributed by atoms with Crippen molar-refractivity contribution in [3.8, 4) is 34.0 Å². The molecule has 9 nitrogen and oxygen atoms in total. The molecule has 3 aromatic heterocycles. The second kappa shape index (κ2) is 11.0. The maximum Gasteiger partial charge on any atom is 0.250 e. The zero-order valence-corrected chi connectivity index (χ0v) is 22.9. The van der Waals surface area contributed by atoms with Crippen molar-refractivity contribution in [2.45, 2.75) is 20.5 Å². The van der Waals surface area contributed by atoms with Gasteiger partial charge in [-0.25, -0.2) is 15.0 Å². The minimum absolute atomic E-state index is 0.249. The van der Waals surface area contributed by atoms with E-state index >= 15 is 0 Å². The van der Waals surface area contributed by atoms with E-state index in [0.717, 1.165) is 39.0 Å². The lowest BCUT2D eigenvalue weighted by atomic mass is 9.97. The number of hydrogen-bond acceptors (Lipinski definition) is 7. The van der Waals surface area contributed by atoms with E-state index in [9.17, 15) is 4.79 Å². The van der Waals surface area contributed by atoms with Gasteiger partial charge in [0, 0.05) is 48.3 Å². The highest BCUT2D eigenvalue weighted by atomic mass is 16.5. The number of aromatic nitrogens is 4. The lowest BCUT2D eigenvalue weighted by Gasteiger charge is -2.15. The highest BCUT2D eigenvalue weighted by molar-refractivity contribution is 6.08. The number of nitrogen functional groups attached to an aromatic ring is 1. The fraction of sp³-hybridized carbons (Fsp3) is 0.161. The Morgan fingerprint density at radius 3 is 2.52 bits per heavy atom. The normalized spacial score (nSPS) is 11.0. The summed E-state index contributed by atoms with van der Waals surface area (Å²) in [4.78, 5) is 25.6. The van der Waals surface area contributed by atoms with Crippen molar-refractivity contribution in [2.24, 2.45) is 7.05 Å². The van der Waals surface area contributed by atoms with Crippen LogP contribution in [-0.2, 0) is 23.2 Å². The summed E-state index contributed by atoms with van der Waals surface area (Å²) in [6, 6.07) is 19.2. The van der Waals surface area contributed by atoms with Crippen LogP contribution in [-0.4, -0.2) is 32.5 Å². The number of rotatable bonds is 8. The number of nitrogens with zero attached hydrogens (tertiary/aromatic N) is 4. The Morgan fingerprint density at radius 1 is 1.07 bits per heavy atom. The molecule has 3 N–H and O–H groups in total. The van der Waals surface area contributed by atoms with Gasteiger partial charge in [-0.2, -0.15) is 0 Å². The Hall–Kier alpha value is -5.02. The molecule has 202 valence electrons. The molecule has 5 aromatic rings.